The van der Waals surface area contributed by atoms with E-state index in [9.17, 15) is 22.8 Å². The van der Waals surface area contributed by atoms with Crippen LogP contribution in [0.4, 0.5) is 18.9 Å². The molecule has 4 aromatic rings. The number of hydrogen-bond acceptors (Lipinski definition) is 6. The number of halogens is 3. The molecule has 0 saturated carbocycles. The van der Waals surface area contributed by atoms with Crippen LogP contribution in [0.1, 0.15) is 34.8 Å². The summed E-state index contributed by atoms with van der Waals surface area (Å²) in [6.07, 6.45) is -3.45. The van der Waals surface area contributed by atoms with Crippen molar-refractivity contribution in [3.63, 3.8) is 0 Å². The number of Topliss-reactive ketones (excluding diaryl/α,β-unsaturated/α-hetero) is 1. The van der Waals surface area contributed by atoms with Crippen LogP contribution in [0.2, 0.25) is 0 Å². The summed E-state index contributed by atoms with van der Waals surface area (Å²) < 4.78 is 38.5. The van der Waals surface area contributed by atoms with Crippen LogP contribution in [0, 0.1) is 5.92 Å². The molecule has 0 unspecified atom stereocenters. The zero-order chi connectivity index (χ0) is 33.4. The molecule has 3 heterocycles. The molecule has 1 N–H and O–H groups in total. The molecule has 7 nitrogen and oxygen atoms in total. The SMILES string of the molecule is O=C(C[N+]12CCC(CC1)[C@@H](OC(=O)[C@H](Nc1ccccc1)c1ccccc1)C2)c1cccc(-c2ccccc2)c1.O=C([O-])C(F)(F)F. The summed E-state index contributed by atoms with van der Waals surface area (Å²) in [5, 5.41) is 12.2. The molecule has 3 aliphatic heterocycles. The first-order chi connectivity index (χ1) is 22.5. The molecule has 0 aromatic heterocycles. The second-order valence-corrected chi connectivity index (χ2v) is 12.0. The summed E-state index contributed by atoms with van der Waals surface area (Å²) in [7, 11) is 0. The highest BCUT2D eigenvalue weighted by Crippen LogP contribution is 2.37. The number of hydrogen-bond donors (Lipinski definition) is 1. The molecule has 2 bridgehead atoms. The number of ketones is 1. The van der Waals surface area contributed by atoms with Crippen LogP contribution >= 0.6 is 0 Å². The Morgan fingerprint density at radius 2 is 1.36 bits per heavy atom. The number of carboxylic acids is 1. The molecule has 0 aliphatic carbocycles. The van der Waals surface area contributed by atoms with E-state index in [4.69, 9.17) is 14.6 Å². The first-order valence-electron chi connectivity index (χ1n) is 15.4. The van der Waals surface area contributed by atoms with Crippen LogP contribution in [0.25, 0.3) is 11.1 Å². The molecular weight excluding hydrogens is 609 g/mol. The number of quaternary nitrogens is 1. The van der Waals surface area contributed by atoms with E-state index >= 15 is 0 Å². The van der Waals surface area contributed by atoms with Crippen LogP contribution in [0.15, 0.2) is 115 Å². The van der Waals surface area contributed by atoms with Crippen molar-refractivity contribution in [3.8, 4) is 11.1 Å². The van der Waals surface area contributed by atoms with Crippen molar-refractivity contribution in [2.24, 2.45) is 5.92 Å². The van der Waals surface area contributed by atoms with Crippen LogP contribution in [0.3, 0.4) is 0 Å². The highest BCUT2D eigenvalue weighted by atomic mass is 19.4. The lowest BCUT2D eigenvalue weighted by Crippen LogP contribution is -2.65. The van der Waals surface area contributed by atoms with Gasteiger partial charge in [-0.3, -0.25) is 4.79 Å². The van der Waals surface area contributed by atoms with E-state index in [-0.39, 0.29) is 17.9 Å². The predicted octanol–water partition coefficient (Wildman–Crippen LogP) is 5.84. The van der Waals surface area contributed by atoms with Gasteiger partial charge < -0.3 is 24.4 Å². The summed E-state index contributed by atoms with van der Waals surface area (Å²) in [6.45, 7) is 3.02. The Kier molecular flexibility index (Phi) is 10.4. The molecule has 3 saturated heterocycles. The summed E-state index contributed by atoms with van der Waals surface area (Å²) in [5.74, 6) is -2.79. The largest absolute Gasteiger partial charge is 0.542 e. The topological polar surface area (TPSA) is 95.5 Å². The minimum absolute atomic E-state index is 0.149. The third-order valence-electron chi connectivity index (χ3n) is 8.76. The van der Waals surface area contributed by atoms with Crippen molar-refractivity contribution in [2.45, 2.75) is 31.2 Å². The Morgan fingerprint density at radius 3 is 1.96 bits per heavy atom. The van der Waals surface area contributed by atoms with Crippen molar-refractivity contribution in [1.82, 2.24) is 0 Å². The number of nitrogens with zero attached hydrogens (tertiary/aromatic N) is 1. The molecule has 2 atom stereocenters. The van der Waals surface area contributed by atoms with Gasteiger partial charge in [-0.15, -0.1) is 0 Å². The number of alkyl halides is 3. The summed E-state index contributed by atoms with van der Waals surface area (Å²) in [6, 6.07) is 37.0. The van der Waals surface area contributed by atoms with Gasteiger partial charge in [-0.05, 0) is 34.9 Å². The lowest BCUT2D eigenvalue weighted by molar-refractivity contribution is -0.938. The van der Waals surface area contributed by atoms with E-state index in [0.717, 1.165) is 53.9 Å². The van der Waals surface area contributed by atoms with Crippen LogP contribution in [-0.2, 0) is 14.3 Å². The van der Waals surface area contributed by atoms with E-state index < -0.39 is 18.2 Å². The van der Waals surface area contributed by atoms with Gasteiger partial charge in [0, 0.05) is 30.0 Å². The van der Waals surface area contributed by atoms with Gasteiger partial charge in [0.05, 0.1) is 13.1 Å². The maximum Gasteiger partial charge on any atom is 0.430 e. The normalized spacial score (nSPS) is 20.7. The van der Waals surface area contributed by atoms with Gasteiger partial charge in [0.2, 0.25) is 5.78 Å². The average molecular weight is 645 g/mol. The maximum atomic E-state index is 13.7. The van der Waals surface area contributed by atoms with E-state index in [1.165, 1.54) is 0 Å². The summed E-state index contributed by atoms with van der Waals surface area (Å²) in [5.41, 5.74) is 4.64. The van der Waals surface area contributed by atoms with Crippen molar-refractivity contribution < 1.29 is 41.9 Å². The van der Waals surface area contributed by atoms with E-state index in [0.29, 0.717) is 23.5 Å². The van der Waals surface area contributed by atoms with Gasteiger partial charge in [0.15, 0.2) is 12.1 Å². The van der Waals surface area contributed by atoms with E-state index in [1.807, 2.05) is 103 Å². The molecule has 3 fully saturated rings. The standard InChI is InChI=1S/C35H35N2O3.C2HF3O2/c38-32(30-16-10-15-29(23-30)26-11-4-1-5-12-26)24-37-21-19-27(20-22-37)33(25-37)40-35(39)34(28-13-6-2-7-14-28)36-31-17-8-3-9-18-31;3-2(4,5)1(6)7/h1-18,23,27,33-34,36H,19-22,24-25H2;(H,6,7)/q+1;/p-1/t27?,33-,34+,37?;/m0./s1. The first-order valence-corrected chi connectivity index (χ1v) is 15.4. The molecule has 10 heteroatoms. The van der Waals surface area contributed by atoms with Gasteiger partial charge in [0.1, 0.15) is 19.1 Å². The minimum Gasteiger partial charge on any atom is -0.542 e. The Hall–Kier alpha value is -4.96. The van der Waals surface area contributed by atoms with Crippen molar-refractivity contribution >= 4 is 23.4 Å². The average Bonchev–Trinajstić information content (AvgIpc) is 3.08. The Labute approximate surface area is 271 Å². The number of benzene rings is 4. The van der Waals surface area contributed by atoms with E-state index in [1.54, 1.807) is 0 Å². The number of ether oxygens (including phenoxy) is 1. The molecule has 0 amide bonds. The van der Waals surface area contributed by atoms with Crippen LogP contribution in [0.5, 0.6) is 0 Å². The number of para-hydroxylation sites is 1. The van der Waals surface area contributed by atoms with Crippen molar-refractivity contribution in [3.05, 3.63) is 126 Å². The van der Waals surface area contributed by atoms with Crippen LogP contribution < -0.4 is 10.4 Å². The van der Waals surface area contributed by atoms with Crippen molar-refractivity contribution in [1.29, 1.82) is 0 Å². The first kappa shape index (κ1) is 33.4. The van der Waals surface area contributed by atoms with Crippen LogP contribution in [-0.4, -0.2) is 60.7 Å². The molecule has 3 aliphatic rings. The quantitative estimate of drug-likeness (QED) is 0.140. The minimum atomic E-state index is -5.19. The summed E-state index contributed by atoms with van der Waals surface area (Å²) in [4.78, 5) is 36.0. The number of fused-ring (bicyclic) bond motifs is 3. The number of piperidine rings is 3. The predicted molar refractivity (Wildman–Crippen MR) is 169 cm³/mol. The zero-order valence-electron chi connectivity index (χ0n) is 25.6. The maximum absolute atomic E-state index is 13.7. The second kappa shape index (κ2) is 14.6. The number of rotatable bonds is 9. The monoisotopic (exact) mass is 644 g/mol. The van der Waals surface area contributed by atoms with Gasteiger partial charge in [-0.1, -0.05) is 97.1 Å². The molecule has 4 aromatic carbocycles. The van der Waals surface area contributed by atoms with Gasteiger partial charge >= 0.3 is 12.1 Å². The molecule has 0 radical (unpaired) electrons. The molecule has 47 heavy (non-hydrogen) atoms. The van der Waals surface area contributed by atoms with Crippen molar-refractivity contribution in [2.75, 3.05) is 31.5 Å². The molecule has 244 valence electrons. The number of carbonyl (C=O) groups is 3. The fraction of sp³-hybridized carbons (Fsp3) is 0.270. The second-order valence-electron chi connectivity index (χ2n) is 12.0. The lowest BCUT2D eigenvalue weighted by Gasteiger charge is -2.51. The highest BCUT2D eigenvalue weighted by molar-refractivity contribution is 5.98. The highest BCUT2D eigenvalue weighted by Gasteiger charge is 2.49. The fourth-order valence-corrected chi connectivity index (χ4v) is 6.32. The van der Waals surface area contributed by atoms with Gasteiger partial charge in [-0.25, -0.2) is 4.79 Å². The Morgan fingerprint density at radius 1 is 0.809 bits per heavy atom. The third-order valence-corrected chi connectivity index (χ3v) is 8.76. The smallest absolute Gasteiger partial charge is 0.430 e. The Balaban J connectivity index is 0.000000559. The fourth-order valence-electron chi connectivity index (χ4n) is 6.32. The third kappa shape index (κ3) is 8.65. The van der Waals surface area contributed by atoms with Gasteiger partial charge in [0.25, 0.3) is 0 Å². The molecule has 7 rings (SSSR count). The van der Waals surface area contributed by atoms with Gasteiger partial charge in [-0.2, -0.15) is 13.2 Å². The Bertz CT molecular complexity index is 1660. The number of carbonyl (C=O) groups excluding carboxylic acids is 3. The lowest BCUT2D eigenvalue weighted by atomic mass is 9.82. The number of aliphatic carboxylic acids is 1. The summed E-state index contributed by atoms with van der Waals surface area (Å²) >= 11 is 0. The molecular formula is C37H35F3N2O5. The zero-order valence-corrected chi connectivity index (χ0v) is 25.6. The number of esters is 1. The number of carboxylic acid groups (broad SMARTS) is 1. The number of nitrogens with one attached hydrogen (secondary N) is 1. The number of anilines is 1. The molecule has 0 spiro atoms. The van der Waals surface area contributed by atoms with E-state index in [2.05, 4.69) is 17.4 Å².